The number of hydrogen-bond donors (Lipinski definition) is 1. The normalized spacial score (nSPS) is 26.2. The second-order valence-corrected chi connectivity index (χ2v) is 8.14. The van der Waals surface area contributed by atoms with Gasteiger partial charge in [0.1, 0.15) is 0 Å². The van der Waals surface area contributed by atoms with Gasteiger partial charge in [-0.2, -0.15) is 0 Å². The van der Waals surface area contributed by atoms with E-state index >= 15 is 0 Å². The third kappa shape index (κ3) is 5.41. The van der Waals surface area contributed by atoms with Crippen molar-refractivity contribution in [2.24, 2.45) is 23.7 Å². The van der Waals surface area contributed by atoms with Crippen molar-refractivity contribution in [3.63, 3.8) is 0 Å². The number of hydrogen-bond acceptors (Lipinski definition) is 1. The highest BCUT2D eigenvalue weighted by Gasteiger charge is 2.28. The maximum absolute atomic E-state index is 3.71. The van der Waals surface area contributed by atoms with Crippen molar-refractivity contribution in [1.82, 2.24) is 5.32 Å². The molecule has 0 aliphatic heterocycles. The molecular weight excluding hydrogens is 322 g/mol. The van der Waals surface area contributed by atoms with Crippen molar-refractivity contribution in [3.8, 4) is 0 Å². The maximum atomic E-state index is 3.71. The average molecular weight is 352 g/mol. The summed E-state index contributed by atoms with van der Waals surface area (Å²) in [6.07, 6.45) is 5.40. The zero-order valence-electron chi connectivity index (χ0n) is 13.7. The van der Waals surface area contributed by atoms with Gasteiger partial charge >= 0.3 is 0 Å². The van der Waals surface area contributed by atoms with E-state index < -0.39 is 0 Å². The Labute approximate surface area is 139 Å². The molecule has 1 aromatic rings. The van der Waals surface area contributed by atoms with Crippen LogP contribution in [-0.2, 0) is 6.42 Å². The van der Waals surface area contributed by atoms with Gasteiger partial charge in [-0.25, -0.2) is 0 Å². The molecule has 1 fully saturated rings. The molecule has 3 unspecified atom stereocenters. The average Bonchev–Trinajstić information content (AvgIpc) is 2.43. The Balaban J connectivity index is 1.96. The molecule has 2 heteroatoms. The predicted octanol–water partition coefficient (Wildman–Crippen LogP) is 5.29. The van der Waals surface area contributed by atoms with E-state index in [1.54, 1.807) is 0 Å². The van der Waals surface area contributed by atoms with Crippen LogP contribution in [0, 0.1) is 23.7 Å². The first kappa shape index (κ1) is 17.0. The van der Waals surface area contributed by atoms with Crippen molar-refractivity contribution in [1.29, 1.82) is 0 Å². The molecule has 1 nitrogen and oxygen atoms in total. The maximum Gasteiger partial charge on any atom is 0.0207 e. The minimum absolute atomic E-state index is 0.745. The fraction of sp³-hybridized carbons (Fsp3) is 0.684. The van der Waals surface area contributed by atoms with Gasteiger partial charge in [-0.15, -0.1) is 0 Å². The summed E-state index contributed by atoms with van der Waals surface area (Å²) in [5.74, 6) is 3.30. The predicted molar refractivity (Wildman–Crippen MR) is 95.5 cm³/mol. The molecule has 3 atom stereocenters. The van der Waals surface area contributed by atoms with Gasteiger partial charge in [0.15, 0.2) is 0 Å². The molecule has 0 bridgehead atoms. The van der Waals surface area contributed by atoms with Gasteiger partial charge in [-0.05, 0) is 67.7 Å². The van der Waals surface area contributed by atoms with Crippen LogP contribution >= 0.6 is 15.9 Å². The molecule has 2 rings (SSSR count). The lowest BCUT2D eigenvalue weighted by Crippen LogP contribution is -2.35. The van der Waals surface area contributed by atoms with Crippen LogP contribution in [0.1, 0.15) is 45.6 Å². The van der Waals surface area contributed by atoms with Crippen LogP contribution in [0.3, 0.4) is 0 Å². The first-order chi connectivity index (χ1) is 10.1. The topological polar surface area (TPSA) is 12.0 Å². The van der Waals surface area contributed by atoms with Crippen molar-refractivity contribution >= 4 is 15.9 Å². The molecule has 0 aromatic heterocycles. The first-order valence-electron chi connectivity index (χ1n) is 8.50. The molecule has 21 heavy (non-hydrogen) atoms. The van der Waals surface area contributed by atoms with E-state index in [9.17, 15) is 0 Å². The summed E-state index contributed by atoms with van der Waals surface area (Å²) in [6.45, 7) is 9.33. The molecule has 0 radical (unpaired) electrons. The molecule has 1 saturated carbocycles. The van der Waals surface area contributed by atoms with Crippen molar-refractivity contribution < 1.29 is 0 Å². The molecule has 1 aliphatic rings. The Bertz CT molecular complexity index is 429. The lowest BCUT2D eigenvalue weighted by atomic mass is 9.72. The minimum Gasteiger partial charge on any atom is -0.316 e. The van der Waals surface area contributed by atoms with Gasteiger partial charge in [0.05, 0.1) is 0 Å². The third-order valence-electron chi connectivity index (χ3n) is 4.80. The number of benzene rings is 1. The van der Waals surface area contributed by atoms with Gasteiger partial charge < -0.3 is 5.32 Å². The summed E-state index contributed by atoms with van der Waals surface area (Å²) in [5.41, 5.74) is 1.48. The molecule has 0 amide bonds. The van der Waals surface area contributed by atoms with E-state index in [0.717, 1.165) is 30.2 Å². The Morgan fingerprint density at radius 1 is 1.19 bits per heavy atom. The van der Waals surface area contributed by atoms with Crippen LogP contribution in [-0.4, -0.2) is 13.1 Å². The Kier molecular flexibility index (Phi) is 6.75. The molecule has 0 spiro atoms. The Morgan fingerprint density at radius 2 is 1.95 bits per heavy atom. The Morgan fingerprint density at radius 3 is 2.67 bits per heavy atom. The molecule has 1 N–H and O–H groups in total. The molecule has 0 saturated heterocycles. The fourth-order valence-corrected chi connectivity index (χ4v) is 4.03. The van der Waals surface area contributed by atoms with E-state index in [1.165, 1.54) is 42.3 Å². The largest absolute Gasteiger partial charge is 0.316 e. The van der Waals surface area contributed by atoms with Crippen molar-refractivity contribution in [2.45, 2.75) is 46.5 Å². The third-order valence-corrected chi connectivity index (χ3v) is 5.57. The summed E-state index contributed by atoms with van der Waals surface area (Å²) in [4.78, 5) is 0. The highest BCUT2D eigenvalue weighted by Crippen LogP contribution is 2.36. The summed E-state index contributed by atoms with van der Waals surface area (Å²) >= 11 is 3.71. The second kappa shape index (κ2) is 8.33. The number of halogens is 1. The SMILES string of the molecule is CC(C)CNCC1CCC(C)CC1Cc1ccccc1Br. The van der Waals surface area contributed by atoms with Crippen LogP contribution in [0.2, 0.25) is 0 Å². The van der Waals surface area contributed by atoms with E-state index in [2.05, 4.69) is 66.3 Å². The minimum atomic E-state index is 0.745. The van der Waals surface area contributed by atoms with Crippen LogP contribution in [0.4, 0.5) is 0 Å². The van der Waals surface area contributed by atoms with Crippen molar-refractivity contribution in [2.75, 3.05) is 13.1 Å². The first-order valence-corrected chi connectivity index (χ1v) is 9.29. The van der Waals surface area contributed by atoms with Crippen LogP contribution in [0.25, 0.3) is 0 Å². The zero-order chi connectivity index (χ0) is 15.2. The summed E-state index contributed by atoms with van der Waals surface area (Å²) in [6, 6.07) is 8.73. The van der Waals surface area contributed by atoms with Gasteiger partial charge in [0.2, 0.25) is 0 Å². The fourth-order valence-electron chi connectivity index (χ4n) is 3.58. The molecule has 118 valence electrons. The molecule has 1 aromatic carbocycles. The zero-order valence-corrected chi connectivity index (χ0v) is 15.3. The number of nitrogens with one attached hydrogen (secondary N) is 1. The lowest BCUT2D eigenvalue weighted by Gasteiger charge is -2.35. The van der Waals surface area contributed by atoms with E-state index in [4.69, 9.17) is 0 Å². The lowest BCUT2D eigenvalue weighted by molar-refractivity contribution is 0.182. The van der Waals surface area contributed by atoms with E-state index in [0.29, 0.717) is 0 Å². The summed E-state index contributed by atoms with van der Waals surface area (Å²) in [5, 5.41) is 3.69. The number of rotatable bonds is 6. The molecule has 1 aliphatic carbocycles. The second-order valence-electron chi connectivity index (χ2n) is 7.29. The standard InChI is InChI=1S/C19H30BrN/c1-14(2)12-21-13-17-9-8-15(3)10-18(17)11-16-6-4-5-7-19(16)20/h4-7,14-15,17-18,21H,8-13H2,1-3H3. The van der Waals surface area contributed by atoms with Gasteiger partial charge in [-0.3, -0.25) is 0 Å². The van der Waals surface area contributed by atoms with Crippen LogP contribution in [0.15, 0.2) is 28.7 Å². The molecular formula is C19H30BrN. The monoisotopic (exact) mass is 351 g/mol. The summed E-state index contributed by atoms with van der Waals surface area (Å²) in [7, 11) is 0. The smallest absolute Gasteiger partial charge is 0.0207 e. The van der Waals surface area contributed by atoms with Gasteiger partial charge in [0, 0.05) is 4.47 Å². The van der Waals surface area contributed by atoms with Crippen LogP contribution < -0.4 is 5.32 Å². The van der Waals surface area contributed by atoms with Crippen LogP contribution in [0.5, 0.6) is 0 Å². The molecule has 0 heterocycles. The van der Waals surface area contributed by atoms with E-state index in [-0.39, 0.29) is 0 Å². The highest BCUT2D eigenvalue weighted by molar-refractivity contribution is 9.10. The van der Waals surface area contributed by atoms with E-state index in [1.807, 2.05) is 0 Å². The van der Waals surface area contributed by atoms with Gasteiger partial charge in [-0.1, -0.05) is 61.3 Å². The Hall–Kier alpha value is -0.340. The van der Waals surface area contributed by atoms with Crippen molar-refractivity contribution in [3.05, 3.63) is 34.3 Å². The quantitative estimate of drug-likeness (QED) is 0.734. The summed E-state index contributed by atoms with van der Waals surface area (Å²) < 4.78 is 1.28. The highest BCUT2D eigenvalue weighted by atomic mass is 79.9. The van der Waals surface area contributed by atoms with Gasteiger partial charge in [0.25, 0.3) is 0 Å².